The van der Waals surface area contributed by atoms with Gasteiger partial charge in [-0.05, 0) is 123 Å². The van der Waals surface area contributed by atoms with Gasteiger partial charge >= 0.3 is 0 Å². The fourth-order valence-electron chi connectivity index (χ4n) is 11.0. The third-order valence-corrected chi connectivity index (χ3v) is 16.1. The van der Waals surface area contributed by atoms with E-state index >= 15 is 0 Å². The van der Waals surface area contributed by atoms with Crippen LogP contribution in [0.25, 0.3) is 36.5 Å². The summed E-state index contributed by atoms with van der Waals surface area (Å²) in [5.74, 6) is 1.51. The second-order valence-corrected chi connectivity index (χ2v) is 23.8. The number of allylic oxidation sites excluding steroid dienone is 5. The van der Waals surface area contributed by atoms with Gasteiger partial charge in [-0.2, -0.15) is 0 Å². The molecule has 0 fully saturated rings. The van der Waals surface area contributed by atoms with Crippen LogP contribution in [0.2, 0.25) is 0 Å². The standard InChI is InChI=1S/C65H64N2OS/c1-40(2)41-20-28-45(29-21-41)67(48-34-26-44(27-35-48)65(9,10)11)56-39-58-60(52-19-15-13-17-50(52)56)54-37-36-53-59-51-18-14-12-16-49(51)55(38-57(59)68-61(53)62(54)69-58)66(46-30-22-42(23-31-46)63(3,4)5)47-32-24-43(25-33-47)64(6,7)8/h12-17,19-39,51,57,59H,1,18H2,2-11H3. The summed E-state index contributed by atoms with van der Waals surface area (Å²) in [6.07, 6.45) is 10.3. The molecule has 2 heterocycles. The SMILES string of the molecule is C=C(C)c1ccc(N(c2ccc(C(C)(C)C)cc2)c2cc3sc4c5c(ccc4c3c3ccccc23)C2C(C=C(N(c3ccc(C(C)(C)C)cc3)c3ccc(C(C)(C)C)cc3)C3=CC=CCC32)O5)cc1. The zero-order chi connectivity index (χ0) is 48.1. The minimum atomic E-state index is -0.120. The highest BCUT2D eigenvalue weighted by atomic mass is 32.1. The first-order valence-electron chi connectivity index (χ1n) is 24.8. The number of hydrogen-bond acceptors (Lipinski definition) is 4. The number of anilines is 5. The Morgan fingerprint density at radius 2 is 1.13 bits per heavy atom. The molecule has 3 nitrogen and oxygen atoms in total. The van der Waals surface area contributed by atoms with Crippen LogP contribution in [-0.2, 0) is 16.2 Å². The Hall–Kier alpha value is -6.62. The molecule has 8 aromatic rings. The lowest BCUT2D eigenvalue weighted by molar-refractivity contribution is 0.225. The monoisotopic (exact) mass is 920 g/mol. The Kier molecular flexibility index (Phi) is 10.7. The summed E-state index contributed by atoms with van der Waals surface area (Å²) < 4.78 is 9.90. The summed E-state index contributed by atoms with van der Waals surface area (Å²) in [7, 11) is 0. The van der Waals surface area contributed by atoms with E-state index in [4.69, 9.17) is 4.74 Å². The molecule has 7 aromatic carbocycles. The maximum absolute atomic E-state index is 7.42. The average Bonchev–Trinajstić information content (AvgIpc) is 3.90. The molecule has 2 aliphatic carbocycles. The molecule has 0 radical (unpaired) electrons. The van der Waals surface area contributed by atoms with Crippen molar-refractivity contribution in [2.24, 2.45) is 5.92 Å². The van der Waals surface area contributed by atoms with Crippen molar-refractivity contribution in [3.8, 4) is 5.75 Å². The second kappa shape index (κ2) is 16.5. The Morgan fingerprint density at radius 1 is 0.609 bits per heavy atom. The molecule has 0 saturated carbocycles. The van der Waals surface area contributed by atoms with Crippen molar-refractivity contribution in [2.45, 2.75) is 104 Å². The normalized spacial score (nSPS) is 17.8. The molecule has 4 heteroatoms. The lowest BCUT2D eigenvalue weighted by Gasteiger charge is -2.40. The lowest BCUT2D eigenvalue weighted by Crippen LogP contribution is -2.35. The van der Waals surface area contributed by atoms with Gasteiger partial charge in [-0.1, -0.05) is 178 Å². The first-order chi connectivity index (χ1) is 32.9. The third-order valence-electron chi connectivity index (χ3n) is 14.9. The van der Waals surface area contributed by atoms with Crippen molar-refractivity contribution < 1.29 is 4.74 Å². The molecule has 0 bridgehead atoms. The van der Waals surface area contributed by atoms with Crippen LogP contribution in [0.5, 0.6) is 5.75 Å². The van der Waals surface area contributed by atoms with E-state index in [1.54, 1.807) is 0 Å². The van der Waals surface area contributed by atoms with Crippen molar-refractivity contribution in [2.75, 3.05) is 9.80 Å². The molecule has 0 amide bonds. The summed E-state index contributed by atoms with van der Waals surface area (Å²) in [6.45, 7) is 26.9. The van der Waals surface area contributed by atoms with Gasteiger partial charge in [0.25, 0.3) is 0 Å². The van der Waals surface area contributed by atoms with Gasteiger partial charge in [-0.25, -0.2) is 0 Å². The van der Waals surface area contributed by atoms with Crippen LogP contribution in [0.15, 0.2) is 182 Å². The predicted octanol–water partition coefficient (Wildman–Crippen LogP) is 18.7. The van der Waals surface area contributed by atoms with Gasteiger partial charge in [-0.15, -0.1) is 11.3 Å². The van der Waals surface area contributed by atoms with Crippen molar-refractivity contribution >= 4 is 76.3 Å². The van der Waals surface area contributed by atoms with E-state index in [0.29, 0.717) is 0 Å². The summed E-state index contributed by atoms with van der Waals surface area (Å²) in [6, 6.07) is 52.7. The fraction of sp³-hybridized carbons (Fsp3) is 0.262. The average molecular weight is 921 g/mol. The van der Waals surface area contributed by atoms with Crippen LogP contribution < -0.4 is 14.5 Å². The zero-order valence-electron chi connectivity index (χ0n) is 41.9. The van der Waals surface area contributed by atoms with Crippen molar-refractivity contribution in [1.29, 1.82) is 0 Å². The van der Waals surface area contributed by atoms with Crippen molar-refractivity contribution in [3.63, 3.8) is 0 Å². The van der Waals surface area contributed by atoms with Crippen LogP contribution in [-0.4, -0.2) is 6.10 Å². The molecular weight excluding hydrogens is 857 g/mol. The third kappa shape index (κ3) is 7.82. The van der Waals surface area contributed by atoms with E-state index in [-0.39, 0.29) is 34.2 Å². The number of benzene rings is 7. The minimum Gasteiger partial charge on any atom is -0.484 e. The lowest BCUT2D eigenvalue weighted by atomic mass is 9.70. The van der Waals surface area contributed by atoms with Gasteiger partial charge < -0.3 is 14.5 Å². The van der Waals surface area contributed by atoms with E-state index in [9.17, 15) is 0 Å². The van der Waals surface area contributed by atoms with Crippen LogP contribution in [0.1, 0.15) is 109 Å². The molecule has 11 rings (SSSR count). The molecule has 1 aliphatic heterocycles. The smallest absolute Gasteiger partial charge is 0.141 e. The number of nitrogens with zero attached hydrogens (tertiary/aromatic N) is 2. The van der Waals surface area contributed by atoms with Gasteiger partial charge in [0.2, 0.25) is 0 Å². The highest BCUT2D eigenvalue weighted by Crippen LogP contribution is 2.58. The largest absolute Gasteiger partial charge is 0.484 e. The van der Waals surface area contributed by atoms with E-state index in [1.165, 1.54) is 64.5 Å². The molecule has 346 valence electrons. The quantitative estimate of drug-likeness (QED) is 0.158. The molecule has 3 unspecified atom stereocenters. The molecule has 3 aliphatic rings. The Morgan fingerprint density at radius 3 is 1.67 bits per heavy atom. The Bertz CT molecular complexity index is 3340. The van der Waals surface area contributed by atoms with Crippen LogP contribution in [0.4, 0.5) is 28.4 Å². The maximum Gasteiger partial charge on any atom is 0.141 e. The summed E-state index contributed by atoms with van der Waals surface area (Å²) in [5.41, 5.74) is 15.9. The topological polar surface area (TPSA) is 15.7 Å². The maximum atomic E-state index is 7.42. The fourth-order valence-corrected chi connectivity index (χ4v) is 12.3. The van der Waals surface area contributed by atoms with Crippen molar-refractivity contribution in [3.05, 3.63) is 209 Å². The van der Waals surface area contributed by atoms with Gasteiger partial charge in [-0.3, -0.25) is 0 Å². The number of fused-ring (bicyclic) bond motifs is 11. The minimum absolute atomic E-state index is 0.0496. The first-order valence-corrected chi connectivity index (χ1v) is 25.6. The Labute approximate surface area is 413 Å². The molecule has 0 spiro atoms. The first kappa shape index (κ1) is 44.9. The van der Waals surface area contributed by atoms with Crippen LogP contribution in [0, 0.1) is 5.92 Å². The van der Waals surface area contributed by atoms with E-state index < -0.39 is 0 Å². The molecular formula is C65H64N2OS. The molecule has 1 aromatic heterocycles. The highest BCUT2D eigenvalue weighted by Gasteiger charge is 2.46. The van der Waals surface area contributed by atoms with Gasteiger partial charge in [0.15, 0.2) is 0 Å². The number of ether oxygens (including phenoxy) is 1. The predicted molar refractivity (Wildman–Crippen MR) is 298 cm³/mol. The Balaban J connectivity index is 1.06. The van der Waals surface area contributed by atoms with Gasteiger partial charge in [0, 0.05) is 66.7 Å². The summed E-state index contributed by atoms with van der Waals surface area (Å²) in [5, 5.41) is 5.00. The van der Waals surface area contributed by atoms with Crippen LogP contribution in [0.3, 0.4) is 0 Å². The van der Waals surface area contributed by atoms with E-state index in [0.717, 1.165) is 51.7 Å². The van der Waals surface area contributed by atoms with Gasteiger partial charge in [0.1, 0.15) is 11.9 Å². The zero-order valence-corrected chi connectivity index (χ0v) is 42.8. The molecule has 69 heavy (non-hydrogen) atoms. The molecule has 3 atom stereocenters. The summed E-state index contributed by atoms with van der Waals surface area (Å²) in [4.78, 5) is 4.92. The van der Waals surface area contributed by atoms with E-state index in [2.05, 4.69) is 249 Å². The second-order valence-electron chi connectivity index (χ2n) is 22.7. The van der Waals surface area contributed by atoms with Crippen molar-refractivity contribution in [1.82, 2.24) is 0 Å². The highest BCUT2D eigenvalue weighted by molar-refractivity contribution is 7.26. The summed E-state index contributed by atoms with van der Waals surface area (Å²) >= 11 is 1.88. The number of hydrogen-bond donors (Lipinski definition) is 0. The van der Waals surface area contributed by atoms with Crippen LogP contribution >= 0.6 is 11.3 Å². The van der Waals surface area contributed by atoms with E-state index in [1.807, 2.05) is 11.3 Å². The van der Waals surface area contributed by atoms with Gasteiger partial charge in [0.05, 0.1) is 10.4 Å². The number of rotatable bonds is 7. The molecule has 0 N–H and O–H groups in total. The molecule has 0 saturated heterocycles. The number of thiophene rings is 1.